The summed E-state index contributed by atoms with van der Waals surface area (Å²) in [5.41, 5.74) is 1.49. The normalized spacial score (nSPS) is 13.3. The Kier molecular flexibility index (Phi) is 2.26. The molecule has 1 heterocycles. The molecule has 0 radical (unpaired) electrons. The number of esters is 2. The minimum atomic E-state index is -0.572. The van der Waals surface area contributed by atoms with Crippen LogP contribution in [0.5, 0.6) is 0 Å². The molecule has 0 saturated carbocycles. The van der Waals surface area contributed by atoms with Crippen LogP contribution in [-0.2, 0) is 11.2 Å². The molecule has 74 valence electrons. The van der Waals surface area contributed by atoms with Gasteiger partial charge in [-0.15, -0.1) is 12.3 Å². The molecule has 0 aromatic heterocycles. The average molecular weight is 200 g/mol. The van der Waals surface area contributed by atoms with Gasteiger partial charge in [0, 0.05) is 6.42 Å². The van der Waals surface area contributed by atoms with Crippen LogP contribution < -0.4 is 0 Å². The zero-order valence-electron chi connectivity index (χ0n) is 7.95. The monoisotopic (exact) mass is 200 g/mol. The molecule has 0 amide bonds. The molecule has 1 aromatic rings. The van der Waals surface area contributed by atoms with Gasteiger partial charge in [0.25, 0.3) is 0 Å². The largest absolute Gasteiger partial charge is 0.386 e. The number of hydrogen-bond acceptors (Lipinski definition) is 3. The first-order chi connectivity index (χ1) is 7.24. The molecule has 15 heavy (non-hydrogen) atoms. The van der Waals surface area contributed by atoms with Crippen molar-refractivity contribution in [2.45, 2.75) is 12.8 Å². The predicted molar refractivity (Wildman–Crippen MR) is 53.3 cm³/mol. The van der Waals surface area contributed by atoms with Crippen LogP contribution in [0, 0.1) is 12.3 Å². The number of terminal acetylenes is 1. The molecule has 0 bridgehead atoms. The van der Waals surface area contributed by atoms with Gasteiger partial charge in [-0.25, -0.2) is 9.59 Å². The lowest BCUT2D eigenvalue weighted by Crippen LogP contribution is -2.00. The highest BCUT2D eigenvalue weighted by Gasteiger charge is 2.31. The van der Waals surface area contributed by atoms with E-state index in [1.165, 1.54) is 0 Å². The molecule has 0 atom stereocenters. The van der Waals surface area contributed by atoms with Crippen molar-refractivity contribution in [3.8, 4) is 12.3 Å². The van der Waals surface area contributed by atoms with Crippen molar-refractivity contribution in [1.29, 1.82) is 0 Å². The number of cyclic esters (lactones) is 2. The Labute approximate surface area is 87.1 Å². The van der Waals surface area contributed by atoms with Crippen molar-refractivity contribution < 1.29 is 14.3 Å². The van der Waals surface area contributed by atoms with Crippen molar-refractivity contribution in [3.63, 3.8) is 0 Å². The van der Waals surface area contributed by atoms with Gasteiger partial charge in [0.15, 0.2) is 0 Å². The minimum Gasteiger partial charge on any atom is -0.386 e. The van der Waals surface area contributed by atoms with E-state index < -0.39 is 11.9 Å². The van der Waals surface area contributed by atoms with Gasteiger partial charge in [-0.3, -0.25) is 0 Å². The van der Waals surface area contributed by atoms with E-state index in [1.54, 1.807) is 18.2 Å². The summed E-state index contributed by atoms with van der Waals surface area (Å²) < 4.78 is 4.52. The van der Waals surface area contributed by atoms with E-state index in [2.05, 4.69) is 10.7 Å². The molecule has 0 unspecified atom stereocenters. The summed E-state index contributed by atoms with van der Waals surface area (Å²) in [5, 5.41) is 0. The molecule has 0 spiro atoms. The van der Waals surface area contributed by atoms with E-state index in [0.717, 1.165) is 5.56 Å². The fourth-order valence-corrected chi connectivity index (χ4v) is 1.62. The molecule has 0 N–H and O–H groups in total. The highest BCUT2D eigenvalue weighted by molar-refractivity contribution is 6.15. The minimum absolute atomic E-state index is 0.342. The van der Waals surface area contributed by atoms with Crippen molar-refractivity contribution in [1.82, 2.24) is 0 Å². The zero-order chi connectivity index (χ0) is 10.8. The lowest BCUT2D eigenvalue weighted by molar-refractivity contribution is 0.0443. The molecule has 0 aliphatic carbocycles. The van der Waals surface area contributed by atoms with Gasteiger partial charge in [-0.05, 0) is 18.1 Å². The molecule has 1 aliphatic rings. The Balaban J connectivity index is 2.47. The molecule has 1 aromatic carbocycles. The Bertz CT molecular complexity index is 480. The number of benzene rings is 1. The maximum Gasteiger partial charge on any atom is 0.347 e. The van der Waals surface area contributed by atoms with E-state index in [4.69, 9.17) is 6.42 Å². The second kappa shape index (κ2) is 3.58. The lowest BCUT2D eigenvalue weighted by atomic mass is 9.99. The Morgan fingerprint density at radius 1 is 1.27 bits per heavy atom. The van der Waals surface area contributed by atoms with Gasteiger partial charge < -0.3 is 4.74 Å². The van der Waals surface area contributed by atoms with Crippen LogP contribution in [0.4, 0.5) is 0 Å². The van der Waals surface area contributed by atoms with Crippen molar-refractivity contribution in [3.05, 3.63) is 34.9 Å². The second-order valence-corrected chi connectivity index (χ2v) is 3.22. The Hall–Kier alpha value is -2.08. The smallest absolute Gasteiger partial charge is 0.347 e. The molecule has 3 heteroatoms. The summed E-state index contributed by atoms with van der Waals surface area (Å²) in [6, 6.07) is 5.10. The molecule has 0 saturated heterocycles. The van der Waals surface area contributed by atoms with Crippen LogP contribution >= 0.6 is 0 Å². The summed E-state index contributed by atoms with van der Waals surface area (Å²) in [4.78, 5) is 22.6. The molecule has 0 fully saturated rings. The van der Waals surface area contributed by atoms with Gasteiger partial charge in [-0.1, -0.05) is 12.1 Å². The Morgan fingerprint density at radius 3 is 2.80 bits per heavy atom. The topological polar surface area (TPSA) is 43.4 Å². The number of fused-ring (bicyclic) bond motifs is 1. The van der Waals surface area contributed by atoms with Gasteiger partial charge in [0.05, 0.1) is 11.1 Å². The molecule has 1 aliphatic heterocycles. The van der Waals surface area contributed by atoms with Crippen LogP contribution in [0.25, 0.3) is 0 Å². The highest BCUT2D eigenvalue weighted by atomic mass is 16.6. The van der Waals surface area contributed by atoms with E-state index in [9.17, 15) is 9.59 Å². The fourth-order valence-electron chi connectivity index (χ4n) is 1.62. The zero-order valence-corrected chi connectivity index (χ0v) is 7.95. The van der Waals surface area contributed by atoms with E-state index >= 15 is 0 Å². The van der Waals surface area contributed by atoms with Gasteiger partial charge in [0.2, 0.25) is 0 Å². The number of ether oxygens (including phenoxy) is 1. The molecule has 2 rings (SSSR count). The molecular formula is C12H8O3. The van der Waals surface area contributed by atoms with Crippen LogP contribution in [-0.4, -0.2) is 11.9 Å². The number of carbonyl (C=O) groups is 2. The van der Waals surface area contributed by atoms with Gasteiger partial charge in [-0.2, -0.15) is 0 Å². The first-order valence-corrected chi connectivity index (χ1v) is 4.56. The Morgan fingerprint density at radius 2 is 2.07 bits per heavy atom. The predicted octanol–water partition coefficient (Wildman–Crippen LogP) is 1.56. The number of carbonyl (C=O) groups excluding carboxylic acids is 2. The van der Waals surface area contributed by atoms with Crippen LogP contribution in [0.3, 0.4) is 0 Å². The van der Waals surface area contributed by atoms with Crippen LogP contribution in [0.2, 0.25) is 0 Å². The second-order valence-electron chi connectivity index (χ2n) is 3.22. The highest BCUT2D eigenvalue weighted by Crippen LogP contribution is 2.24. The summed E-state index contributed by atoms with van der Waals surface area (Å²) in [7, 11) is 0. The quantitative estimate of drug-likeness (QED) is 0.413. The van der Waals surface area contributed by atoms with E-state index in [1.807, 2.05) is 0 Å². The van der Waals surface area contributed by atoms with Crippen molar-refractivity contribution in [2.24, 2.45) is 0 Å². The maximum atomic E-state index is 11.4. The van der Waals surface area contributed by atoms with Gasteiger partial charge >= 0.3 is 11.9 Å². The lowest BCUT2D eigenvalue weighted by Gasteiger charge is -2.01. The average Bonchev–Trinajstić information content (AvgIpc) is 2.53. The van der Waals surface area contributed by atoms with Gasteiger partial charge in [0.1, 0.15) is 0 Å². The SMILES string of the molecule is C#CCCc1cccc2c1C(=O)OC2=O. The van der Waals surface area contributed by atoms with E-state index in [-0.39, 0.29) is 0 Å². The summed E-state index contributed by atoms with van der Waals surface area (Å²) in [5.74, 6) is 1.36. The summed E-state index contributed by atoms with van der Waals surface area (Å²) in [6.07, 6.45) is 6.28. The molecule has 3 nitrogen and oxygen atoms in total. The van der Waals surface area contributed by atoms with E-state index in [0.29, 0.717) is 24.0 Å². The van der Waals surface area contributed by atoms with Crippen LogP contribution in [0.1, 0.15) is 32.7 Å². The van der Waals surface area contributed by atoms with Crippen molar-refractivity contribution >= 4 is 11.9 Å². The number of rotatable bonds is 2. The first-order valence-electron chi connectivity index (χ1n) is 4.56. The number of aryl methyl sites for hydroxylation is 1. The van der Waals surface area contributed by atoms with Crippen LogP contribution in [0.15, 0.2) is 18.2 Å². The standard InChI is InChI=1S/C12H8O3/c1-2-3-5-8-6-4-7-9-10(8)12(14)15-11(9)13/h1,4,6-7H,3,5H2. The third kappa shape index (κ3) is 1.50. The first kappa shape index (κ1) is 9.47. The number of hydrogen-bond donors (Lipinski definition) is 0. The molecular weight excluding hydrogens is 192 g/mol. The third-order valence-corrected chi connectivity index (χ3v) is 2.30. The summed E-state index contributed by atoms with van der Waals surface area (Å²) in [6.45, 7) is 0. The van der Waals surface area contributed by atoms with Crippen molar-refractivity contribution in [2.75, 3.05) is 0 Å². The third-order valence-electron chi connectivity index (χ3n) is 2.30. The summed E-state index contributed by atoms with van der Waals surface area (Å²) >= 11 is 0. The maximum absolute atomic E-state index is 11.4. The fraction of sp³-hybridized carbons (Fsp3) is 0.167.